The van der Waals surface area contributed by atoms with Crippen LogP contribution in [0.4, 0.5) is 5.69 Å². The largest absolute Gasteiger partial charge is 0.482 e. The summed E-state index contributed by atoms with van der Waals surface area (Å²) in [5.74, 6) is 0.652. The maximum absolute atomic E-state index is 11.0. The number of H-pyrrole nitrogens is 1. The monoisotopic (exact) mass is 327 g/mol. The standard InChI is InChI=1S/C16H13N3O5/c1-23-15(20)9-24-12-5-2-10(3-6-12)16-17-13-7-4-11(19(21)22)8-14(13)18-16/h2-8H,9H2,1H3,(H,17,18). The minimum atomic E-state index is -0.460. The second kappa shape index (κ2) is 6.37. The van der Waals surface area contributed by atoms with Crippen molar-refractivity contribution in [3.05, 3.63) is 52.6 Å². The third-order valence-corrected chi connectivity index (χ3v) is 3.39. The topological polar surface area (TPSA) is 107 Å². The first-order chi connectivity index (χ1) is 11.6. The lowest BCUT2D eigenvalue weighted by Crippen LogP contribution is -2.12. The highest BCUT2D eigenvalue weighted by atomic mass is 16.6. The van der Waals surface area contributed by atoms with E-state index in [1.165, 1.54) is 19.2 Å². The molecule has 1 heterocycles. The molecule has 0 spiro atoms. The first-order valence-corrected chi connectivity index (χ1v) is 7.01. The van der Waals surface area contributed by atoms with Gasteiger partial charge in [0.05, 0.1) is 23.1 Å². The highest BCUT2D eigenvalue weighted by Gasteiger charge is 2.11. The number of carbonyl (C=O) groups excluding carboxylic acids is 1. The van der Waals surface area contributed by atoms with Crippen molar-refractivity contribution in [2.45, 2.75) is 0 Å². The minimum absolute atomic E-state index is 0.00394. The number of nitrogens with zero attached hydrogens (tertiary/aromatic N) is 2. The Bertz CT molecular complexity index is 902. The van der Waals surface area contributed by atoms with Crippen molar-refractivity contribution in [2.75, 3.05) is 13.7 Å². The number of hydrogen-bond acceptors (Lipinski definition) is 6. The van der Waals surface area contributed by atoms with Gasteiger partial charge in [0.15, 0.2) is 6.61 Å². The first-order valence-electron chi connectivity index (χ1n) is 7.01. The summed E-state index contributed by atoms with van der Waals surface area (Å²) in [7, 11) is 1.29. The number of methoxy groups -OCH3 is 1. The Morgan fingerprint density at radius 1 is 1.25 bits per heavy atom. The molecular formula is C16H13N3O5. The number of aromatic amines is 1. The van der Waals surface area contributed by atoms with Gasteiger partial charge in [0, 0.05) is 17.7 Å². The van der Waals surface area contributed by atoms with Gasteiger partial charge >= 0.3 is 5.97 Å². The number of fused-ring (bicyclic) bond motifs is 1. The lowest BCUT2D eigenvalue weighted by molar-refractivity contribution is -0.384. The van der Waals surface area contributed by atoms with Crippen LogP contribution in [0, 0.1) is 10.1 Å². The molecule has 0 aliphatic rings. The van der Waals surface area contributed by atoms with Gasteiger partial charge < -0.3 is 14.5 Å². The molecule has 0 fully saturated rings. The predicted octanol–water partition coefficient (Wildman–Crippen LogP) is 2.69. The van der Waals surface area contributed by atoms with Crippen LogP contribution >= 0.6 is 0 Å². The van der Waals surface area contributed by atoms with Crippen LogP contribution in [0.1, 0.15) is 0 Å². The number of non-ortho nitro benzene ring substituents is 1. The Kier molecular flexibility index (Phi) is 4.11. The van der Waals surface area contributed by atoms with E-state index in [4.69, 9.17) is 4.74 Å². The van der Waals surface area contributed by atoms with Gasteiger partial charge in [-0.3, -0.25) is 10.1 Å². The lowest BCUT2D eigenvalue weighted by atomic mass is 10.2. The Morgan fingerprint density at radius 3 is 2.67 bits per heavy atom. The van der Waals surface area contributed by atoms with E-state index in [1.807, 2.05) is 0 Å². The molecule has 3 rings (SSSR count). The second-order valence-electron chi connectivity index (χ2n) is 4.93. The van der Waals surface area contributed by atoms with Gasteiger partial charge in [-0.05, 0) is 30.3 Å². The maximum Gasteiger partial charge on any atom is 0.343 e. The molecule has 8 nitrogen and oxygen atoms in total. The number of nitro groups is 1. The molecule has 0 amide bonds. The van der Waals surface area contributed by atoms with E-state index < -0.39 is 10.9 Å². The molecule has 0 saturated carbocycles. The zero-order valence-corrected chi connectivity index (χ0v) is 12.7. The molecule has 2 aromatic carbocycles. The molecule has 122 valence electrons. The molecule has 1 aromatic heterocycles. The zero-order chi connectivity index (χ0) is 17.1. The SMILES string of the molecule is COC(=O)COc1ccc(-c2nc3ccc([N+](=O)[O-])cc3[nH]2)cc1. The van der Waals surface area contributed by atoms with Crippen molar-refractivity contribution in [2.24, 2.45) is 0 Å². The summed E-state index contributed by atoms with van der Waals surface area (Å²) in [6.07, 6.45) is 0. The summed E-state index contributed by atoms with van der Waals surface area (Å²) in [6, 6.07) is 11.4. The normalized spacial score (nSPS) is 10.5. The fourth-order valence-corrected chi connectivity index (χ4v) is 2.16. The molecule has 0 unspecified atom stereocenters. The molecule has 0 radical (unpaired) electrons. The molecule has 0 saturated heterocycles. The molecule has 3 aromatic rings. The van der Waals surface area contributed by atoms with Gasteiger partial charge in [0.2, 0.25) is 0 Å². The van der Waals surface area contributed by atoms with E-state index >= 15 is 0 Å². The molecule has 0 aliphatic heterocycles. The van der Waals surface area contributed by atoms with Crippen LogP contribution in [0.25, 0.3) is 22.4 Å². The molecule has 0 bridgehead atoms. The van der Waals surface area contributed by atoms with Gasteiger partial charge in [-0.1, -0.05) is 0 Å². The Hall–Kier alpha value is -3.42. The number of benzene rings is 2. The molecule has 0 aliphatic carbocycles. The molecule has 0 atom stereocenters. The summed E-state index contributed by atoms with van der Waals surface area (Å²) in [5.41, 5.74) is 2.02. The van der Waals surface area contributed by atoms with E-state index in [1.54, 1.807) is 30.3 Å². The van der Waals surface area contributed by atoms with E-state index in [-0.39, 0.29) is 12.3 Å². The van der Waals surface area contributed by atoms with E-state index in [2.05, 4.69) is 14.7 Å². The number of nitrogens with one attached hydrogen (secondary N) is 1. The highest BCUT2D eigenvalue weighted by Crippen LogP contribution is 2.25. The molecule has 8 heteroatoms. The number of imidazole rings is 1. The third kappa shape index (κ3) is 3.17. The van der Waals surface area contributed by atoms with Gasteiger partial charge in [-0.2, -0.15) is 0 Å². The number of hydrogen-bond donors (Lipinski definition) is 1. The Labute approximate surface area is 136 Å². The zero-order valence-electron chi connectivity index (χ0n) is 12.7. The van der Waals surface area contributed by atoms with Crippen LogP contribution < -0.4 is 4.74 Å². The van der Waals surface area contributed by atoms with Gasteiger partial charge in [-0.25, -0.2) is 9.78 Å². The number of ether oxygens (including phenoxy) is 2. The molecular weight excluding hydrogens is 314 g/mol. The van der Waals surface area contributed by atoms with Gasteiger partial charge in [-0.15, -0.1) is 0 Å². The summed E-state index contributed by atoms with van der Waals surface area (Å²) in [5, 5.41) is 10.8. The van der Waals surface area contributed by atoms with Crippen LogP contribution in [0.15, 0.2) is 42.5 Å². The second-order valence-corrected chi connectivity index (χ2v) is 4.93. The average Bonchev–Trinajstić information content (AvgIpc) is 3.03. The molecule has 1 N–H and O–H groups in total. The Morgan fingerprint density at radius 2 is 2.00 bits per heavy atom. The fourth-order valence-electron chi connectivity index (χ4n) is 2.16. The highest BCUT2D eigenvalue weighted by molar-refractivity contribution is 5.81. The maximum atomic E-state index is 11.0. The van der Waals surface area contributed by atoms with E-state index in [0.717, 1.165) is 5.56 Å². The molecule has 24 heavy (non-hydrogen) atoms. The van der Waals surface area contributed by atoms with Crippen molar-refractivity contribution in [1.29, 1.82) is 0 Å². The van der Waals surface area contributed by atoms with Crippen LogP contribution in [0.2, 0.25) is 0 Å². The van der Waals surface area contributed by atoms with E-state index in [9.17, 15) is 14.9 Å². The lowest BCUT2D eigenvalue weighted by Gasteiger charge is -2.05. The van der Waals surface area contributed by atoms with Gasteiger partial charge in [0.25, 0.3) is 5.69 Å². The summed E-state index contributed by atoms with van der Waals surface area (Å²) >= 11 is 0. The van der Waals surface area contributed by atoms with Crippen LogP contribution in [-0.2, 0) is 9.53 Å². The van der Waals surface area contributed by atoms with Crippen molar-refractivity contribution in [1.82, 2.24) is 9.97 Å². The van der Waals surface area contributed by atoms with Crippen molar-refractivity contribution >= 4 is 22.7 Å². The van der Waals surface area contributed by atoms with Crippen molar-refractivity contribution in [3.8, 4) is 17.1 Å². The fraction of sp³-hybridized carbons (Fsp3) is 0.125. The predicted molar refractivity (Wildman–Crippen MR) is 85.7 cm³/mol. The summed E-state index contributed by atoms with van der Waals surface area (Å²) < 4.78 is 9.77. The van der Waals surface area contributed by atoms with Crippen molar-refractivity contribution in [3.63, 3.8) is 0 Å². The quantitative estimate of drug-likeness (QED) is 0.438. The summed E-state index contributed by atoms with van der Waals surface area (Å²) in [6.45, 7) is -0.163. The number of rotatable bonds is 5. The Balaban J connectivity index is 1.82. The number of aromatic nitrogens is 2. The number of esters is 1. The van der Waals surface area contributed by atoms with Crippen LogP contribution in [0.3, 0.4) is 0 Å². The van der Waals surface area contributed by atoms with Gasteiger partial charge in [0.1, 0.15) is 11.6 Å². The van der Waals surface area contributed by atoms with Crippen LogP contribution in [-0.4, -0.2) is 34.6 Å². The van der Waals surface area contributed by atoms with Crippen molar-refractivity contribution < 1.29 is 19.2 Å². The minimum Gasteiger partial charge on any atom is -0.482 e. The number of carbonyl (C=O) groups is 1. The van der Waals surface area contributed by atoms with E-state index in [0.29, 0.717) is 22.6 Å². The van der Waals surface area contributed by atoms with Crippen LogP contribution in [0.5, 0.6) is 5.75 Å². The first kappa shape index (κ1) is 15.5. The third-order valence-electron chi connectivity index (χ3n) is 3.39. The average molecular weight is 327 g/mol. The summed E-state index contributed by atoms with van der Waals surface area (Å²) in [4.78, 5) is 28.9. The number of nitro benzene ring substituents is 1. The smallest absolute Gasteiger partial charge is 0.343 e.